The van der Waals surface area contributed by atoms with E-state index < -0.39 is 35.9 Å². The largest absolute Gasteiger partial charge is 0.480 e. The van der Waals surface area contributed by atoms with E-state index in [-0.39, 0.29) is 109 Å². The second-order valence-corrected chi connectivity index (χ2v) is 35.5. The number of carboxylic acid groups (broad SMARTS) is 1. The highest BCUT2D eigenvalue weighted by Crippen LogP contribution is 2.21. The summed E-state index contributed by atoms with van der Waals surface area (Å²) >= 11 is 0. The Bertz CT molecular complexity index is 2210. The number of carbonyl (C=O) groups is 8. The maximum Gasteiger partial charge on any atom is 0.326 e. The smallest absolute Gasteiger partial charge is 0.326 e. The van der Waals surface area contributed by atoms with Gasteiger partial charge in [0.1, 0.15) is 6.04 Å². The van der Waals surface area contributed by atoms with Crippen LogP contribution in [0.25, 0.3) is 0 Å². The fourth-order valence-electron chi connectivity index (χ4n) is 16.0. The van der Waals surface area contributed by atoms with Gasteiger partial charge < -0.3 is 48.6 Å². The number of unbranched alkanes of at least 4 members (excludes halogenated alkanes) is 56. The number of nitrogens with zero attached hydrogens (tertiary/aromatic N) is 3. The molecule has 0 heterocycles. The predicted molar refractivity (Wildman–Crippen MR) is 507 cm³/mol. The maximum absolute atomic E-state index is 15.2. The molecule has 0 aromatic rings. The number of hydrogen-bond acceptors (Lipinski definition) is 17. The Hall–Kier alpha value is -4.36. The van der Waals surface area contributed by atoms with E-state index in [4.69, 9.17) is 28.4 Å². The number of carbonyl (C=O) groups excluding carboxylic acids is 7. The second kappa shape index (κ2) is 95.7. The molecule has 122 heavy (non-hydrogen) atoms. The summed E-state index contributed by atoms with van der Waals surface area (Å²) in [7, 11) is 0. The second-order valence-electron chi connectivity index (χ2n) is 35.5. The van der Waals surface area contributed by atoms with Crippen LogP contribution in [0.5, 0.6) is 0 Å². The number of ether oxygens (including phenoxy) is 6. The van der Waals surface area contributed by atoms with Crippen molar-refractivity contribution < 1.29 is 71.9 Å². The molecule has 19 nitrogen and oxygen atoms in total. The van der Waals surface area contributed by atoms with Gasteiger partial charge in [-0.1, -0.05) is 402 Å². The van der Waals surface area contributed by atoms with Gasteiger partial charge >= 0.3 is 41.8 Å². The average Bonchev–Trinajstić information content (AvgIpc) is 0.861. The van der Waals surface area contributed by atoms with Gasteiger partial charge in [-0.3, -0.25) is 38.5 Å². The molecular weight excluding hydrogens is 1530 g/mol. The Labute approximate surface area is 751 Å². The van der Waals surface area contributed by atoms with Crippen molar-refractivity contribution in [1.82, 2.24) is 20.0 Å². The topological polar surface area (TPSA) is 234 Å². The summed E-state index contributed by atoms with van der Waals surface area (Å²) in [5.41, 5.74) is 0. The lowest BCUT2D eigenvalue weighted by atomic mass is 10.0. The molecule has 19 heteroatoms. The zero-order chi connectivity index (χ0) is 88.3. The molecule has 0 radical (unpaired) electrons. The third-order valence-electron chi connectivity index (χ3n) is 24.1. The first-order valence-corrected chi connectivity index (χ1v) is 51.9. The Kier molecular flexibility index (Phi) is 93.9. The van der Waals surface area contributed by atoms with Crippen LogP contribution in [-0.2, 0) is 66.8 Å². The highest BCUT2D eigenvalue weighted by atomic mass is 16.6. The van der Waals surface area contributed by atoms with E-state index >= 15 is 4.79 Å². The molecule has 2 unspecified atom stereocenters. The molecule has 0 fully saturated rings. The van der Waals surface area contributed by atoms with Crippen molar-refractivity contribution in [3.05, 3.63) is 0 Å². The number of rotatable bonds is 98. The molecule has 0 rings (SSSR count). The SMILES string of the molecule is C.CCCCCCCCCCCCOC(=O)CCN(CCCCC(NC(=O)C(CCCCN(CCC(=O)OCCCCCCCCCCCC)CCC(=O)OCCCCCCCCCCCC)N(CCC(=O)OCCCCCCCCCCCC)CCC(=O)OCCCCCCCCCCCC)C(=O)O)CCC(=O)OCCCCCCCCCCCC. The molecule has 0 aromatic heterocycles. The van der Waals surface area contributed by atoms with Crippen LogP contribution >= 0.6 is 0 Å². The lowest BCUT2D eigenvalue weighted by Crippen LogP contribution is -2.52. The van der Waals surface area contributed by atoms with Crippen molar-refractivity contribution in [2.45, 2.75) is 523 Å². The van der Waals surface area contributed by atoms with Crippen LogP contribution in [0.15, 0.2) is 0 Å². The van der Waals surface area contributed by atoms with E-state index in [1.165, 1.54) is 257 Å². The van der Waals surface area contributed by atoms with Gasteiger partial charge in [-0.05, 0) is 83.7 Å². The predicted octanol–water partition coefficient (Wildman–Crippen LogP) is 26.9. The molecule has 2 atom stereocenters. The van der Waals surface area contributed by atoms with Gasteiger partial charge in [0.2, 0.25) is 5.91 Å². The molecule has 0 bridgehead atoms. The molecule has 0 aromatic carbocycles. The zero-order valence-corrected chi connectivity index (χ0v) is 80.0. The highest BCUT2D eigenvalue weighted by molar-refractivity contribution is 5.87. The fourth-order valence-corrected chi connectivity index (χ4v) is 16.0. The van der Waals surface area contributed by atoms with E-state index in [2.05, 4.69) is 56.7 Å². The molecule has 0 aliphatic carbocycles. The maximum atomic E-state index is 15.2. The van der Waals surface area contributed by atoms with Gasteiger partial charge in [0.05, 0.1) is 84.2 Å². The first kappa shape index (κ1) is 120. The normalized spacial score (nSPS) is 11.9. The summed E-state index contributed by atoms with van der Waals surface area (Å²) in [6.45, 7) is 18.0. The summed E-state index contributed by atoms with van der Waals surface area (Å²) < 4.78 is 34.6. The van der Waals surface area contributed by atoms with E-state index in [1.807, 2.05) is 4.90 Å². The van der Waals surface area contributed by atoms with E-state index in [9.17, 15) is 38.7 Å². The molecule has 0 saturated carbocycles. The van der Waals surface area contributed by atoms with Crippen LogP contribution in [0, 0.1) is 0 Å². The van der Waals surface area contributed by atoms with Gasteiger partial charge in [-0.2, -0.15) is 0 Å². The Morgan fingerprint density at radius 2 is 0.410 bits per heavy atom. The lowest BCUT2D eigenvalue weighted by molar-refractivity contribution is -0.147. The van der Waals surface area contributed by atoms with E-state index in [0.29, 0.717) is 91.4 Å². The number of carboxylic acids is 1. The Morgan fingerprint density at radius 3 is 0.607 bits per heavy atom. The minimum Gasteiger partial charge on any atom is -0.480 e. The van der Waals surface area contributed by atoms with Crippen molar-refractivity contribution in [2.75, 3.05) is 92.0 Å². The van der Waals surface area contributed by atoms with Gasteiger partial charge in [0, 0.05) is 39.3 Å². The summed E-state index contributed by atoms with van der Waals surface area (Å²) in [4.78, 5) is 115. The minimum absolute atomic E-state index is 0. The minimum atomic E-state index is -1.28. The van der Waals surface area contributed by atoms with Gasteiger partial charge in [0.15, 0.2) is 0 Å². The van der Waals surface area contributed by atoms with Crippen LogP contribution in [0.3, 0.4) is 0 Å². The molecule has 0 aliphatic rings. The monoisotopic (exact) mass is 1730 g/mol. The molecule has 1 amide bonds. The number of esters is 6. The van der Waals surface area contributed by atoms with Gasteiger partial charge in [0.25, 0.3) is 0 Å². The lowest BCUT2D eigenvalue weighted by Gasteiger charge is -2.32. The van der Waals surface area contributed by atoms with Crippen LogP contribution in [0.2, 0.25) is 0 Å². The summed E-state index contributed by atoms with van der Waals surface area (Å²) in [6.07, 6.45) is 72.8. The van der Waals surface area contributed by atoms with Crippen LogP contribution < -0.4 is 5.32 Å². The fraction of sp³-hybridized carbons (Fsp3) is 0.922. The summed E-state index contributed by atoms with van der Waals surface area (Å²) in [5.74, 6) is -3.72. The number of aliphatic carboxylic acids is 1. The van der Waals surface area contributed by atoms with E-state index in [1.54, 1.807) is 0 Å². The first-order chi connectivity index (χ1) is 59.2. The van der Waals surface area contributed by atoms with Crippen molar-refractivity contribution in [3.8, 4) is 0 Å². The molecule has 0 spiro atoms. The van der Waals surface area contributed by atoms with Crippen molar-refractivity contribution >= 4 is 47.7 Å². The third kappa shape index (κ3) is 85.1. The Morgan fingerprint density at radius 1 is 0.230 bits per heavy atom. The molecule has 2 N–H and O–H groups in total. The molecular formula is C103H198N4O15. The average molecular weight is 1730 g/mol. The standard InChI is InChI=1S/C102H194N4O15.CH4/c1-7-13-19-25-31-37-43-49-55-65-87-116-95(107)73-81-104(82-74-96(108)117-88-66-56-50-44-38-32-26-20-14-8-2)79-63-61-71-93(102(114)115)103-101(113)94(106(85-77-99(111)120-91-69-59-53-47-41-35-29-23-17-11-5)86-78-100(112)121-92-70-60-54-48-42-36-30-24-18-12-6)72-62-64-80-105(83-75-97(109)118-89-67-57-51-45-39-33-27-21-15-9-3)84-76-98(110)119-90-68-58-52-46-40-34-28-22-16-10-4;/h93-94H,7-92H2,1-6H3,(H,103,113)(H,114,115);1H4. The van der Waals surface area contributed by atoms with E-state index in [0.717, 1.165) is 128 Å². The van der Waals surface area contributed by atoms with Crippen molar-refractivity contribution in [2.24, 2.45) is 0 Å². The van der Waals surface area contributed by atoms with Crippen molar-refractivity contribution in [3.63, 3.8) is 0 Å². The zero-order valence-electron chi connectivity index (χ0n) is 80.0. The number of amides is 1. The summed E-state index contributed by atoms with van der Waals surface area (Å²) in [6, 6.07) is -2.25. The Balaban J connectivity index is 0. The molecule has 0 saturated heterocycles. The van der Waals surface area contributed by atoms with Crippen LogP contribution in [0.1, 0.15) is 511 Å². The van der Waals surface area contributed by atoms with Gasteiger partial charge in [-0.25, -0.2) is 4.79 Å². The van der Waals surface area contributed by atoms with Crippen LogP contribution in [0.4, 0.5) is 0 Å². The quantitative estimate of drug-likeness (QED) is 0.0327. The van der Waals surface area contributed by atoms with Crippen LogP contribution in [-0.4, -0.2) is 172 Å². The number of nitrogens with one attached hydrogen (secondary N) is 1. The summed E-state index contributed by atoms with van der Waals surface area (Å²) in [5, 5.41) is 13.9. The van der Waals surface area contributed by atoms with Gasteiger partial charge in [-0.15, -0.1) is 0 Å². The highest BCUT2D eigenvalue weighted by Gasteiger charge is 2.31. The molecule has 0 aliphatic heterocycles. The number of hydrogen-bond donors (Lipinski definition) is 2. The molecule has 720 valence electrons. The van der Waals surface area contributed by atoms with Crippen molar-refractivity contribution in [1.29, 1.82) is 0 Å². The first-order valence-electron chi connectivity index (χ1n) is 51.9. The third-order valence-corrected chi connectivity index (χ3v) is 24.1.